The maximum atomic E-state index is 9.29. The Labute approximate surface area is 72.5 Å². The number of rotatable bonds is 2. The summed E-state index contributed by atoms with van der Waals surface area (Å²) in [6.07, 6.45) is 2.06. The zero-order chi connectivity index (χ0) is 9.14. The van der Waals surface area contributed by atoms with Crippen LogP contribution in [0.1, 0.15) is 37.0 Å². The van der Waals surface area contributed by atoms with Gasteiger partial charge in [-0.25, -0.2) is 9.97 Å². The van der Waals surface area contributed by atoms with Crippen molar-refractivity contribution in [2.75, 3.05) is 0 Å². The molecule has 0 saturated carbocycles. The summed E-state index contributed by atoms with van der Waals surface area (Å²) >= 11 is 0. The van der Waals surface area contributed by atoms with Crippen molar-refractivity contribution < 1.29 is 5.11 Å². The van der Waals surface area contributed by atoms with Gasteiger partial charge in [-0.15, -0.1) is 0 Å². The van der Waals surface area contributed by atoms with Crippen LogP contribution in [0.4, 0.5) is 0 Å². The van der Waals surface area contributed by atoms with Crippen molar-refractivity contribution in [1.29, 1.82) is 0 Å². The molecule has 0 fully saturated rings. The predicted molar refractivity (Wildman–Crippen MR) is 46.8 cm³/mol. The molecule has 1 rings (SSSR count). The molecule has 0 aliphatic rings. The Morgan fingerprint density at radius 3 is 2.67 bits per heavy atom. The first kappa shape index (κ1) is 9.13. The SMILES string of the molecule is CCc1ncc([C@H](C)O)c(C)n1. The van der Waals surface area contributed by atoms with E-state index in [-0.39, 0.29) is 0 Å². The Balaban J connectivity index is 3.03. The summed E-state index contributed by atoms with van der Waals surface area (Å²) in [5, 5.41) is 9.29. The van der Waals surface area contributed by atoms with Crippen molar-refractivity contribution in [1.82, 2.24) is 9.97 Å². The normalized spacial score (nSPS) is 13.0. The van der Waals surface area contributed by atoms with Gasteiger partial charge in [0.2, 0.25) is 0 Å². The van der Waals surface area contributed by atoms with Crippen LogP contribution in [0.25, 0.3) is 0 Å². The second-order valence-corrected chi connectivity index (χ2v) is 2.86. The largest absolute Gasteiger partial charge is 0.389 e. The van der Waals surface area contributed by atoms with E-state index in [0.717, 1.165) is 23.5 Å². The Kier molecular flexibility index (Phi) is 2.76. The molecule has 0 unspecified atom stereocenters. The fourth-order valence-electron chi connectivity index (χ4n) is 1.10. The third-order valence-electron chi connectivity index (χ3n) is 1.83. The molecule has 1 heterocycles. The fraction of sp³-hybridized carbons (Fsp3) is 0.556. The highest BCUT2D eigenvalue weighted by molar-refractivity contribution is 5.18. The molecule has 0 radical (unpaired) electrons. The third-order valence-corrected chi connectivity index (χ3v) is 1.83. The van der Waals surface area contributed by atoms with Gasteiger partial charge in [0, 0.05) is 23.9 Å². The summed E-state index contributed by atoms with van der Waals surface area (Å²) in [5.74, 6) is 0.830. The van der Waals surface area contributed by atoms with Gasteiger partial charge >= 0.3 is 0 Å². The van der Waals surface area contributed by atoms with Crippen LogP contribution < -0.4 is 0 Å². The maximum Gasteiger partial charge on any atom is 0.128 e. The van der Waals surface area contributed by atoms with Crippen LogP contribution >= 0.6 is 0 Å². The lowest BCUT2D eigenvalue weighted by Gasteiger charge is -2.07. The van der Waals surface area contributed by atoms with Gasteiger partial charge in [-0.1, -0.05) is 6.92 Å². The van der Waals surface area contributed by atoms with Gasteiger partial charge in [-0.3, -0.25) is 0 Å². The zero-order valence-corrected chi connectivity index (χ0v) is 7.70. The molecule has 12 heavy (non-hydrogen) atoms. The number of aliphatic hydroxyl groups is 1. The average Bonchev–Trinajstić information content (AvgIpc) is 2.03. The fourth-order valence-corrected chi connectivity index (χ4v) is 1.10. The molecule has 0 amide bonds. The molecule has 0 saturated heterocycles. The van der Waals surface area contributed by atoms with Crippen LogP contribution in [0.5, 0.6) is 0 Å². The molecule has 0 aliphatic heterocycles. The van der Waals surface area contributed by atoms with Crippen molar-refractivity contribution in [3.63, 3.8) is 0 Å². The van der Waals surface area contributed by atoms with E-state index >= 15 is 0 Å². The second-order valence-electron chi connectivity index (χ2n) is 2.86. The smallest absolute Gasteiger partial charge is 0.128 e. The first-order chi connectivity index (χ1) is 5.65. The molecule has 3 nitrogen and oxygen atoms in total. The summed E-state index contributed by atoms with van der Waals surface area (Å²) < 4.78 is 0. The minimum Gasteiger partial charge on any atom is -0.389 e. The lowest BCUT2D eigenvalue weighted by Crippen LogP contribution is -2.02. The highest BCUT2D eigenvalue weighted by Crippen LogP contribution is 2.13. The van der Waals surface area contributed by atoms with Gasteiger partial charge in [0.05, 0.1) is 6.10 Å². The topological polar surface area (TPSA) is 46.0 Å². The molecule has 0 aliphatic carbocycles. The first-order valence-corrected chi connectivity index (χ1v) is 4.15. The van der Waals surface area contributed by atoms with Crippen molar-refractivity contribution >= 4 is 0 Å². The molecule has 3 heteroatoms. The van der Waals surface area contributed by atoms with E-state index in [4.69, 9.17) is 0 Å². The monoisotopic (exact) mass is 166 g/mol. The van der Waals surface area contributed by atoms with E-state index < -0.39 is 6.10 Å². The van der Waals surface area contributed by atoms with Gasteiger partial charge in [0.15, 0.2) is 0 Å². The van der Waals surface area contributed by atoms with Crippen LogP contribution in [0.3, 0.4) is 0 Å². The standard InChI is InChI=1S/C9H14N2O/c1-4-9-10-5-8(7(3)12)6(2)11-9/h5,7,12H,4H2,1-3H3/t7-/m0/s1. The van der Waals surface area contributed by atoms with Crippen molar-refractivity contribution in [3.05, 3.63) is 23.3 Å². The molecular formula is C9H14N2O. The lowest BCUT2D eigenvalue weighted by molar-refractivity contribution is 0.197. The quantitative estimate of drug-likeness (QED) is 0.722. The predicted octanol–water partition coefficient (Wildman–Crippen LogP) is 1.40. The number of aliphatic hydroxyl groups excluding tert-OH is 1. The van der Waals surface area contributed by atoms with Gasteiger partial charge in [0.25, 0.3) is 0 Å². The highest BCUT2D eigenvalue weighted by atomic mass is 16.3. The first-order valence-electron chi connectivity index (χ1n) is 4.15. The molecule has 0 aromatic carbocycles. The number of hydrogen-bond donors (Lipinski definition) is 1. The number of aryl methyl sites for hydroxylation is 2. The van der Waals surface area contributed by atoms with E-state index in [1.54, 1.807) is 13.1 Å². The lowest BCUT2D eigenvalue weighted by atomic mass is 10.1. The molecule has 0 spiro atoms. The number of nitrogens with zero attached hydrogens (tertiary/aromatic N) is 2. The van der Waals surface area contributed by atoms with Gasteiger partial charge in [-0.2, -0.15) is 0 Å². The molecule has 66 valence electrons. The number of aromatic nitrogens is 2. The van der Waals surface area contributed by atoms with Crippen LogP contribution in [-0.2, 0) is 6.42 Å². The summed E-state index contributed by atoms with van der Waals surface area (Å²) in [6.45, 7) is 5.62. The Bertz CT molecular complexity index is 271. The van der Waals surface area contributed by atoms with Gasteiger partial charge in [0.1, 0.15) is 5.82 Å². The average molecular weight is 166 g/mol. The molecule has 1 aromatic rings. The van der Waals surface area contributed by atoms with Crippen molar-refractivity contribution in [2.24, 2.45) is 0 Å². The summed E-state index contributed by atoms with van der Waals surface area (Å²) in [6, 6.07) is 0. The van der Waals surface area contributed by atoms with Crippen molar-refractivity contribution in [3.8, 4) is 0 Å². The third kappa shape index (κ3) is 1.80. The summed E-state index contributed by atoms with van der Waals surface area (Å²) in [7, 11) is 0. The van der Waals surface area contributed by atoms with E-state index in [1.807, 2.05) is 13.8 Å². The molecular weight excluding hydrogens is 152 g/mol. The van der Waals surface area contributed by atoms with Crippen LogP contribution in [0.2, 0.25) is 0 Å². The maximum absolute atomic E-state index is 9.29. The molecule has 1 N–H and O–H groups in total. The van der Waals surface area contributed by atoms with Gasteiger partial charge in [-0.05, 0) is 13.8 Å². The Morgan fingerprint density at radius 1 is 1.58 bits per heavy atom. The van der Waals surface area contributed by atoms with E-state index in [2.05, 4.69) is 9.97 Å². The molecule has 1 aromatic heterocycles. The summed E-state index contributed by atoms with van der Waals surface area (Å²) in [4.78, 5) is 8.35. The van der Waals surface area contributed by atoms with Crippen LogP contribution in [-0.4, -0.2) is 15.1 Å². The van der Waals surface area contributed by atoms with Crippen LogP contribution in [0, 0.1) is 6.92 Å². The highest BCUT2D eigenvalue weighted by Gasteiger charge is 2.06. The van der Waals surface area contributed by atoms with Crippen molar-refractivity contribution in [2.45, 2.75) is 33.3 Å². The van der Waals surface area contributed by atoms with E-state index in [9.17, 15) is 5.11 Å². The Morgan fingerprint density at radius 2 is 2.25 bits per heavy atom. The van der Waals surface area contributed by atoms with Crippen LogP contribution in [0.15, 0.2) is 6.20 Å². The minimum absolute atomic E-state index is 0.476. The number of hydrogen-bond acceptors (Lipinski definition) is 3. The second kappa shape index (κ2) is 3.63. The molecule has 0 bridgehead atoms. The summed E-state index contributed by atoms with van der Waals surface area (Å²) in [5.41, 5.74) is 1.68. The van der Waals surface area contributed by atoms with E-state index in [1.165, 1.54) is 0 Å². The zero-order valence-electron chi connectivity index (χ0n) is 7.70. The van der Waals surface area contributed by atoms with E-state index in [0.29, 0.717) is 0 Å². The Hall–Kier alpha value is -0.960. The molecule has 1 atom stereocenters. The minimum atomic E-state index is -0.476. The van der Waals surface area contributed by atoms with Gasteiger partial charge < -0.3 is 5.11 Å².